The lowest BCUT2D eigenvalue weighted by molar-refractivity contribution is -0.0717. The van der Waals surface area contributed by atoms with Crippen LogP contribution < -0.4 is 5.73 Å². The monoisotopic (exact) mass is 261 g/mol. The maximum Gasteiger partial charge on any atom is 0.231 e. The number of nitrogens with two attached hydrogens (primary N) is 1. The molecule has 1 unspecified atom stereocenters. The summed E-state index contributed by atoms with van der Waals surface area (Å²) in [6.07, 6.45) is 8.38. The highest BCUT2D eigenvalue weighted by Gasteiger charge is 2.55. The fourth-order valence-electron chi connectivity index (χ4n) is 5.67. The molecule has 4 fully saturated rings. The van der Waals surface area contributed by atoms with Gasteiger partial charge in [0, 0.05) is 6.54 Å². The highest BCUT2D eigenvalue weighted by molar-refractivity contribution is 5.11. The van der Waals surface area contributed by atoms with Crippen LogP contribution in [0.15, 0.2) is 4.52 Å². The molecule has 19 heavy (non-hydrogen) atoms. The SMILES string of the molecule is Cc1noc(C(CN)C23CC4CC(CC(C4)C2)C3)n1. The van der Waals surface area contributed by atoms with Crippen LogP contribution in [0.3, 0.4) is 0 Å². The molecule has 4 aliphatic rings. The largest absolute Gasteiger partial charge is 0.339 e. The van der Waals surface area contributed by atoms with Gasteiger partial charge < -0.3 is 10.3 Å². The number of nitrogens with zero attached hydrogens (tertiary/aromatic N) is 2. The van der Waals surface area contributed by atoms with Gasteiger partial charge in [0.25, 0.3) is 0 Å². The average molecular weight is 261 g/mol. The summed E-state index contributed by atoms with van der Waals surface area (Å²) in [5, 5.41) is 3.97. The molecular weight excluding hydrogens is 238 g/mol. The third-order valence-corrected chi connectivity index (χ3v) is 5.90. The number of hydrogen-bond acceptors (Lipinski definition) is 4. The molecule has 4 nitrogen and oxygen atoms in total. The number of aromatic nitrogens is 2. The molecule has 0 aliphatic heterocycles. The van der Waals surface area contributed by atoms with Crippen LogP contribution in [-0.4, -0.2) is 16.7 Å². The molecule has 4 aliphatic carbocycles. The lowest BCUT2D eigenvalue weighted by Crippen LogP contribution is -2.50. The second-order valence-electron chi connectivity index (χ2n) is 7.25. The molecule has 1 aromatic rings. The van der Waals surface area contributed by atoms with Gasteiger partial charge in [0.15, 0.2) is 5.82 Å². The standard InChI is InChI=1S/C15H23N3O/c1-9-17-14(19-18-9)13(8-16)15-5-10-2-11(6-15)4-12(3-10)7-15/h10-13H,2-8,16H2,1H3. The Morgan fingerprint density at radius 1 is 1.21 bits per heavy atom. The molecule has 0 amide bonds. The van der Waals surface area contributed by atoms with Crippen molar-refractivity contribution in [1.29, 1.82) is 0 Å². The van der Waals surface area contributed by atoms with Crippen molar-refractivity contribution in [3.8, 4) is 0 Å². The van der Waals surface area contributed by atoms with E-state index >= 15 is 0 Å². The molecule has 0 saturated heterocycles. The van der Waals surface area contributed by atoms with Gasteiger partial charge in [0.05, 0.1) is 5.92 Å². The average Bonchev–Trinajstić information content (AvgIpc) is 2.74. The summed E-state index contributed by atoms with van der Waals surface area (Å²) in [7, 11) is 0. The van der Waals surface area contributed by atoms with Crippen LogP contribution in [0.1, 0.15) is 56.2 Å². The van der Waals surface area contributed by atoms with E-state index in [9.17, 15) is 0 Å². The van der Waals surface area contributed by atoms with E-state index in [1.807, 2.05) is 6.92 Å². The molecule has 1 atom stereocenters. The Kier molecular flexibility index (Phi) is 2.53. The van der Waals surface area contributed by atoms with E-state index < -0.39 is 0 Å². The summed E-state index contributed by atoms with van der Waals surface area (Å²) in [4.78, 5) is 4.48. The Labute approximate surface area is 114 Å². The highest BCUT2D eigenvalue weighted by Crippen LogP contribution is 2.64. The molecule has 1 aromatic heterocycles. The van der Waals surface area contributed by atoms with Crippen molar-refractivity contribution in [1.82, 2.24) is 10.1 Å². The first-order chi connectivity index (χ1) is 9.18. The van der Waals surface area contributed by atoms with E-state index in [1.165, 1.54) is 38.5 Å². The second kappa shape index (κ2) is 4.05. The summed E-state index contributed by atoms with van der Waals surface area (Å²) in [6, 6.07) is 0. The fraction of sp³-hybridized carbons (Fsp3) is 0.867. The van der Waals surface area contributed by atoms with E-state index in [2.05, 4.69) is 10.1 Å². The van der Waals surface area contributed by atoms with Crippen LogP contribution in [0.25, 0.3) is 0 Å². The molecule has 0 spiro atoms. The van der Waals surface area contributed by atoms with Crippen molar-refractivity contribution >= 4 is 0 Å². The molecule has 0 radical (unpaired) electrons. The topological polar surface area (TPSA) is 64.9 Å². The summed E-state index contributed by atoms with van der Waals surface area (Å²) in [5.41, 5.74) is 6.47. The Bertz CT molecular complexity index is 446. The first-order valence-corrected chi connectivity index (χ1v) is 7.69. The maximum atomic E-state index is 6.11. The van der Waals surface area contributed by atoms with Crippen molar-refractivity contribution in [3.05, 3.63) is 11.7 Å². The van der Waals surface area contributed by atoms with Gasteiger partial charge in [-0.05, 0) is 68.6 Å². The quantitative estimate of drug-likeness (QED) is 0.908. The number of rotatable bonds is 3. The van der Waals surface area contributed by atoms with Crippen LogP contribution in [0, 0.1) is 30.1 Å². The first-order valence-electron chi connectivity index (χ1n) is 7.69. The van der Waals surface area contributed by atoms with Crippen LogP contribution in [-0.2, 0) is 0 Å². The van der Waals surface area contributed by atoms with Crippen LogP contribution in [0.4, 0.5) is 0 Å². The van der Waals surface area contributed by atoms with E-state index in [-0.39, 0.29) is 5.92 Å². The fourth-order valence-corrected chi connectivity index (χ4v) is 5.67. The third-order valence-electron chi connectivity index (χ3n) is 5.90. The molecule has 4 saturated carbocycles. The van der Waals surface area contributed by atoms with Crippen LogP contribution in [0.2, 0.25) is 0 Å². The predicted molar refractivity (Wildman–Crippen MR) is 71.4 cm³/mol. The molecule has 5 rings (SSSR count). The minimum absolute atomic E-state index is 0.280. The van der Waals surface area contributed by atoms with Gasteiger partial charge >= 0.3 is 0 Å². The van der Waals surface area contributed by atoms with Gasteiger partial charge in [0.2, 0.25) is 5.89 Å². The van der Waals surface area contributed by atoms with Gasteiger partial charge in [-0.15, -0.1) is 0 Å². The van der Waals surface area contributed by atoms with Gasteiger partial charge in [0.1, 0.15) is 0 Å². The van der Waals surface area contributed by atoms with Gasteiger partial charge in [-0.25, -0.2) is 0 Å². The molecule has 4 bridgehead atoms. The predicted octanol–water partition coefficient (Wildman–Crippen LogP) is 2.64. The Morgan fingerprint density at radius 2 is 1.79 bits per heavy atom. The summed E-state index contributed by atoms with van der Waals surface area (Å²) >= 11 is 0. The van der Waals surface area contributed by atoms with E-state index in [4.69, 9.17) is 10.3 Å². The van der Waals surface area contributed by atoms with Gasteiger partial charge in [-0.1, -0.05) is 5.16 Å². The second-order valence-corrected chi connectivity index (χ2v) is 7.25. The molecule has 104 valence electrons. The molecule has 4 heteroatoms. The van der Waals surface area contributed by atoms with Crippen LogP contribution >= 0.6 is 0 Å². The zero-order chi connectivity index (χ0) is 13.0. The zero-order valence-electron chi connectivity index (χ0n) is 11.6. The van der Waals surface area contributed by atoms with Crippen molar-refractivity contribution in [3.63, 3.8) is 0 Å². The van der Waals surface area contributed by atoms with Gasteiger partial charge in [-0.2, -0.15) is 4.98 Å². The van der Waals surface area contributed by atoms with E-state index in [0.29, 0.717) is 12.0 Å². The normalized spacial score (nSPS) is 41.7. The minimum Gasteiger partial charge on any atom is -0.339 e. The molecular formula is C15H23N3O. The Hall–Kier alpha value is -0.900. The lowest BCUT2D eigenvalue weighted by Gasteiger charge is -2.58. The summed E-state index contributed by atoms with van der Waals surface area (Å²) in [6.45, 7) is 2.54. The molecule has 1 heterocycles. The highest BCUT2D eigenvalue weighted by atomic mass is 16.5. The van der Waals surface area contributed by atoms with Crippen molar-refractivity contribution < 1.29 is 4.52 Å². The maximum absolute atomic E-state index is 6.11. The van der Waals surface area contributed by atoms with Gasteiger partial charge in [-0.3, -0.25) is 0 Å². The smallest absolute Gasteiger partial charge is 0.231 e. The van der Waals surface area contributed by atoms with E-state index in [0.717, 1.165) is 29.5 Å². The van der Waals surface area contributed by atoms with Crippen LogP contribution in [0.5, 0.6) is 0 Å². The summed E-state index contributed by atoms with van der Waals surface area (Å²) < 4.78 is 5.47. The summed E-state index contributed by atoms with van der Waals surface area (Å²) in [5.74, 6) is 4.61. The Balaban J connectivity index is 1.69. The van der Waals surface area contributed by atoms with Crippen molar-refractivity contribution in [2.75, 3.05) is 6.54 Å². The zero-order valence-corrected chi connectivity index (χ0v) is 11.6. The van der Waals surface area contributed by atoms with E-state index in [1.54, 1.807) is 0 Å². The third kappa shape index (κ3) is 1.76. The molecule has 2 N–H and O–H groups in total. The first kappa shape index (κ1) is 11.9. The molecule has 0 aromatic carbocycles. The Morgan fingerprint density at radius 3 is 2.21 bits per heavy atom. The minimum atomic E-state index is 0.280. The lowest BCUT2D eigenvalue weighted by atomic mass is 9.46. The van der Waals surface area contributed by atoms with Crippen molar-refractivity contribution in [2.45, 2.75) is 51.4 Å². The number of hydrogen-bond donors (Lipinski definition) is 1. The van der Waals surface area contributed by atoms with Crippen molar-refractivity contribution in [2.24, 2.45) is 28.9 Å². The number of aryl methyl sites for hydroxylation is 1.